The first-order valence-corrected chi connectivity index (χ1v) is 13.9. The fourth-order valence-electron chi connectivity index (χ4n) is 4.11. The molecule has 0 saturated carbocycles. The topological polar surface area (TPSA) is 48.5 Å². The Morgan fingerprint density at radius 2 is 1.52 bits per heavy atom. The predicted molar refractivity (Wildman–Crippen MR) is 141 cm³/mol. The highest BCUT2D eigenvalue weighted by Crippen LogP contribution is 2.15. The molecule has 1 aliphatic rings. The van der Waals surface area contributed by atoms with Crippen molar-refractivity contribution in [3.05, 3.63) is 23.9 Å². The summed E-state index contributed by atoms with van der Waals surface area (Å²) in [4.78, 5) is 21.7. The first kappa shape index (κ1) is 26.4. The Bertz CT molecular complexity index is 600. The Hall–Kier alpha value is -0.890. The number of halogens is 1. The maximum Gasteiger partial charge on any atom is 0.252 e. The largest absolute Gasteiger partial charge is 0.354 e. The minimum absolute atomic E-state index is 0.00446. The molecule has 0 spiro atoms. The fourth-order valence-corrected chi connectivity index (χ4v) is 4.65. The van der Waals surface area contributed by atoms with Crippen LogP contribution in [0.5, 0.6) is 0 Å². The van der Waals surface area contributed by atoms with Crippen LogP contribution in [0.1, 0.15) is 88.4 Å². The van der Waals surface area contributed by atoms with Crippen molar-refractivity contribution in [2.24, 2.45) is 0 Å². The Labute approximate surface area is 203 Å². The summed E-state index contributed by atoms with van der Waals surface area (Å²) in [5.74, 6) is 0.972. The van der Waals surface area contributed by atoms with Gasteiger partial charge in [-0.3, -0.25) is 9.69 Å². The molecular formula is C25H43IN4O. The van der Waals surface area contributed by atoms with Crippen LogP contribution in [0.3, 0.4) is 0 Å². The number of nitrogens with one attached hydrogen (secondary N) is 1. The van der Waals surface area contributed by atoms with E-state index >= 15 is 0 Å². The number of aromatic nitrogens is 1. The summed E-state index contributed by atoms with van der Waals surface area (Å²) < 4.78 is 1.30. The summed E-state index contributed by atoms with van der Waals surface area (Å²) >= 11 is 2.46. The lowest BCUT2D eigenvalue weighted by molar-refractivity contribution is 0.0952. The van der Waals surface area contributed by atoms with Crippen LogP contribution in [-0.4, -0.2) is 59.0 Å². The number of carbonyl (C=O) groups is 1. The molecule has 0 aliphatic carbocycles. The van der Waals surface area contributed by atoms with Gasteiger partial charge in [-0.1, -0.05) is 74.0 Å². The van der Waals surface area contributed by atoms with E-state index in [2.05, 4.69) is 56.5 Å². The summed E-state index contributed by atoms with van der Waals surface area (Å²) in [5.41, 5.74) is 0.659. The second-order valence-corrected chi connectivity index (χ2v) is 10.1. The normalized spacial score (nSPS) is 14.9. The van der Waals surface area contributed by atoms with Crippen LogP contribution >= 0.6 is 22.6 Å². The summed E-state index contributed by atoms with van der Waals surface area (Å²) in [6, 6.07) is 4.50. The van der Waals surface area contributed by atoms with E-state index in [4.69, 9.17) is 0 Å². The molecule has 5 nitrogen and oxygen atoms in total. The monoisotopic (exact) mass is 542 g/mol. The number of amides is 1. The standard InChI is InChI=1S/C25H43IN4O/c1-22(2)29-17-19-30(20-18-29)24-14-13-23(21-28-24)25(31)27-16-12-10-8-6-4-3-5-7-9-11-15-26/h13-14,21-22H,3-12,15-20H2,1-2H3,(H,27,31). The molecule has 176 valence electrons. The van der Waals surface area contributed by atoms with Gasteiger partial charge in [-0.05, 0) is 43.2 Å². The first-order valence-electron chi connectivity index (χ1n) is 12.4. The van der Waals surface area contributed by atoms with Gasteiger partial charge in [-0.2, -0.15) is 0 Å². The Morgan fingerprint density at radius 3 is 2.03 bits per heavy atom. The third-order valence-corrected chi connectivity index (χ3v) is 6.99. The van der Waals surface area contributed by atoms with Crippen LogP contribution in [0.2, 0.25) is 0 Å². The quantitative estimate of drug-likeness (QED) is 0.176. The van der Waals surface area contributed by atoms with Crippen molar-refractivity contribution in [3.63, 3.8) is 0 Å². The summed E-state index contributed by atoms with van der Waals surface area (Å²) in [7, 11) is 0. The van der Waals surface area contributed by atoms with Crippen molar-refractivity contribution >= 4 is 34.3 Å². The average molecular weight is 543 g/mol. The van der Waals surface area contributed by atoms with Crippen LogP contribution < -0.4 is 10.2 Å². The average Bonchev–Trinajstić information content (AvgIpc) is 2.80. The van der Waals surface area contributed by atoms with Crippen molar-refractivity contribution in [2.45, 2.75) is 84.1 Å². The van der Waals surface area contributed by atoms with Gasteiger partial charge in [-0.15, -0.1) is 0 Å². The molecule has 6 heteroatoms. The molecule has 1 aliphatic heterocycles. The highest BCUT2D eigenvalue weighted by molar-refractivity contribution is 14.1. The van der Waals surface area contributed by atoms with Crippen molar-refractivity contribution in [2.75, 3.05) is 42.1 Å². The molecular weight excluding hydrogens is 499 g/mol. The molecule has 1 aromatic heterocycles. The molecule has 0 unspecified atom stereocenters. The van der Waals surface area contributed by atoms with Crippen LogP contribution in [0.4, 0.5) is 5.82 Å². The van der Waals surface area contributed by atoms with Crippen LogP contribution in [-0.2, 0) is 0 Å². The summed E-state index contributed by atoms with van der Waals surface area (Å²) in [6.07, 6.45) is 14.9. The predicted octanol–water partition coefficient (Wildman–Crippen LogP) is 5.68. The van der Waals surface area contributed by atoms with Gasteiger partial charge in [0.25, 0.3) is 5.91 Å². The fraction of sp³-hybridized carbons (Fsp3) is 0.760. The minimum Gasteiger partial charge on any atom is -0.354 e. The zero-order chi connectivity index (χ0) is 22.3. The number of nitrogens with zero attached hydrogens (tertiary/aromatic N) is 3. The van der Waals surface area contributed by atoms with Gasteiger partial charge >= 0.3 is 0 Å². The number of piperazine rings is 1. The highest BCUT2D eigenvalue weighted by atomic mass is 127. The second-order valence-electron chi connectivity index (χ2n) is 9.00. The Morgan fingerprint density at radius 1 is 0.935 bits per heavy atom. The smallest absolute Gasteiger partial charge is 0.252 e. The zero-order valence-electron chi connectivity index (χ0n) is 19.8. The molecule has 1 amide bonds. The second kappa shape index (κ2) is 15.8. The van der Waals surface area contributed by atoms with Crippen LogP contribution in [0, 0.1) is 0 Å². The zero-order valence-corrected chi connectivity index (χ0v) is 21.9. The number of carbonyl (C=O) groups excluding carboxylic acids is 1. The number of rotatable bonds is 15. The van der Waals surface area contributed by atoms with Crippen molar-refractivity contribution < 1.29 is 4.79 Å². The van der Waals surface area contributed by atoms with E-state index in [1.54, 1.807) is 6.20 Å². The third kappa shape index (κ3) is 10.5. The van der Waals surface area contributed by atoms with E-state index in [0.29, 0.717) is 11.6 Å². The lowest BCUT2D eigenvalue weighted by Gasteiger charge is -2.37. The SMILES string of the molecule is CC(C)N1CCN(c2ccc(C(=O)NCCCCCCCCCCCCI)cn2)CC1. The van der Waals surface area contributed by atoms with Crippen molar-refractivity contribution in [1.82, 2.24) is 15.2 Å². The highest BCUT2D eigenvalue weighted by Gasteiger charge is 2.19. The lowest BCUT2D eigenvalue weighted by Crippen LogP contribution is -2.49. The number of alkyl halides is 1. The van der Waals surface area contributed by atoms with Crippen molar-refractivity contribution in [3.8, 4) is 0 Å². The Balaban J connectivity index is 1.53. The van der Waals surface area contributed by atoms with Gasteiger partial charge in [-0.25, -0.2) is 4.98 Å². The van der Waals surface area contributed by atoms with E-state index < -0.39 is 0 Å². The van der Waals surface area contributed by atoms with E-state index in [1.807, 2.05) is 12.1 Å². The van der Waals surface area contributed by atoms with Gasteiger partial charge in [0.1, 0.15) is 5.82 Å². The molecule has 2 heterocycles. The maximum absolute atomic E-state index is 12.4. The van der Waals surface area contributed by atoms with E-state index in [9.17, 15) is 4.79 Å². The first-order chi connectivity index (χ1) is 15.1. The number of anilines is 1. The van der Waals surface area contributed by atoms with E-state index in [0.717, 1.165) is 45.0 Å². The summed E-state index contributed by atoms with van der Waals surface area (Å²) in [5, 5.41) is 3.05. The van der Waals surface area contributed by atoms with Crippen molar-refractivity contribution in [1.29, 1.82) is 0 Å². The molecule has 2 rings (SSSR count). The van der Waals surface area contributed by atoms with Gasteiger partial charge in [0.05, 0.1) is 5.56 Å². The molecule has 1 saturated heterocycles. The molecule has 1 N–H and O–H groups in total. The van der Waals surface area contributed by atoms with Crippen LogP contribution in [0.25, 0.3) is 0 Å². The molecule has 0 atom stereocenters. The van der Waals surface area contributed by atoms with Gasteiger partial charge in [0.15, 0.2) is 0 Å². The van der Waals surface area contributed by atoms with Gasteiger partial charge < -0.3 is 10.2 Å². The number of unbranched alkanes of at least 4 members (excludes halogenated alkanes) is 9. The van der Waals surface area contributed by atoms with Crippen LogP contribution in [0.15, 0.2) is 18.3 Å². The van der Waals surface area contributed by atoms with Gasteiger partial charge in [0, 0.05) is 45.0 Å². The Kier molecular flexibility index (Phi) is 13.5. The number of pyridine rings is 1. The molecule has 0 bridgehead atoms. The molecule has 1 fully saturated rings. The lowest BCUT2D eigenvalue weighted by atomic mass is 10.1. The molecule has 1 aromatic rings. The molecule has 0 aromatic carbocycles. The van der Waals surface area contributed by atoms with E-state index in [1.165, 1.54) is 62.2 Å². The summed E-state index contributed by atoms with van der Waals surface area (Å²) in [6.45, 7) is 9.38. The number of hydrogen-bond donors (Lipinski definition) is 1. The number of hydrogen-bond acceptors (Lipinski definition) is 4. The maximum atomic E-state index is 12.4. The molecule has 0 radical (unpaired) electrons. The third-order valence-electron chi connectivity index (χ3n) is 6.22. The molecule has 31 heavy (non-hydrogen) atoms. The van der Waals surface area contributed by atoms with Gasteiger partial charge in [0.2, 0.25) is 0 Å². The van der Waals surface area contributed by atoms with E-state index in [-0.39, 0.29) is 5.91 Å². The minimum atomic E-state index is -0.00446.